The highest BCUT2D eigenvalue weighted by atomic mass is 24.3. The largest absolute Gasteiger partial charge is 0.481 e. The lowest BCUT2D eigenvalue weighted by atomic mass is 10.0. The predicted octanol–water partition coefficient (Wildman–Crippen LogP) is 4.94. The molecule has 22 heavy (non-hydrogen) atoms. The fourth-order valence-electron chi connectivity index (χ4n) is 2.96. The molecule has 0 aromatic rings. The van der Waals surface area contributed by atoms with E-state index in [-0.39, 0.29) is 23.1 Å². The monoisotopic (exact) mass is 322 g/mol. The minimum atomic E-state index is -0.668. The average Bonchev–Trinajstić information content (AvgIpc) is 3.20. The Balaban J connectivity index is 0.00000441. The van der Waals surface area contributed by atoms with E-state index in [9.17, 15) is 4.79 Å². The van der Waals surface area contributed by atoms with Gasteiger partial charge in [0, 0.05) is 29.5 Å². The number of carbonyl (C=O) groups is 1. The van der Waals surface area contributed by atoms with Crippen LogP contribution in [0.3, 0.4) is 0 Å². The van der Waals surface area contributed by atoms with Crippen LogP contribution in [-0.2, 0) is 9.53 Å². The van der Waals surface area contributed by atoms with E-state index in [0.29, 0.717) is 18.6 Å². The fourth-order valence-corrected chi connectivity index (χ4v) is 2.96. The van der Waals surface area contributed by atoms with Crippen LogP contribution in [0.1, 0.15) is 96.8 Å². The van der Waals surface area contributed by atoms with Crippen molar-refractivity contribution in [1.82, 2.24) is 0 Å². The number of ether oxygens (including phenoxy) is 1. The van der Waals surface area contributed by atoms with Crippen LogP contribution in [-0.4, -0.2) is 46.3 Å². The number of carboxylic acid groups (broad SMARTS) is 1. The highest BCUT2D eigenvalue weighted by molar-refractivity contribution is 5.75. The molecule has 0 aromatic carbocycles. The summed E-state index contributed by atoms with van der Waals surface area (Å²) in [5.41, 5.74) is 0. The van der Waals surface area contributed by atoms with Gasteiger partial charge in [-0.25, -0.2) is 0 Å². The minimum absolute atomic E-state index is 0. The predicted molar refractivity (Wildman–Crippen MR) is 92.4 cm³/mol. The molecule has 2 radical (unpaired) electrons. The van der Waals surface area contributed by atoms with Gasteiger partial charge in [0.15, 0.2) is 0 Å². The van der Waals surface area contributed by atoms with Crippen LogP contribution >= 0.6 is 0 Å². The number of rotatable bonds is 15. The maximum atomic E-state index is 10.4. The molecule has 1 heterocycles. The zero-order valence-electron chi connectivity index (χ0n) is 14.5. The molecule has 1 fully saturated rings. The lowest BCUT2D eigenvalue weighted by Gasteiger charge is -2.00. The van der Waals surface area contributed by atoms with Gasteiger partial charge in [0.05, 0.1) is 12.2 Å². The van der Waals surface area contributed by atoms with Crippen molar-refractivity contribution in [2.24, 2.45) is 0 Å². The van der Waals surface area contributed by atoms with Crippen LogP contribution in [0.2, 0.25) is 0 Å². The Labute approximate surface area is 152 Å². The zero-order valence-corrected chi connectivity index (χ0v) is 15.9. The second-order valence-corrected chi connectivity index (χ2v) is 6.47. The normalized spacial score (nSPS) is 19.7. The molecule has 4 heteroatoms. The molecule has 1 saturated heterocycles. The van der Waals surface area contributed by atoms with Crippen molar-refractivity contribution in [3.63, 3.8) is 0 Å². The molecule has 0 amide bonds. The van der Waals surface area contributed by atoms with E-state index in [1.807, 2.05) is 0 Å². The van der Waals surface area contributed by atoms with Crippen molar-refractivity contribution in [3.8, 4) is 0 Å². The van der Waals surface area contributed by atoms with Crippen molar-refractivity contribution < 1.29 is 14.6 Å². The molecule has 1 aliphatic heterocycles. The molecular weight excluding hydrogens is 288 g/mol. The molecule has 126 valence electrons. The molecule has 0 spiro atoms. The van der Waals surface area contributed by atoms with Gasteiger partial charge in [-0.05, 0) is 19.3 Å². The second-order valence-electron chi connectivity index (χ2n) is 6.47. The summed E-state index contributed by atoms with van der Waals surface area (Å²) in [6.45, 7) is 2.26. The summed E-state index contributed by atoms with van der Waals surface area (Å²) in [7, 11) is 0. The molecule has 0 aliphatic carbocycles. The maximum Gasteiger partial charge on any atom is 0.303 e. The van der Waals surface area contributed by atoms with E-state index in [2.05, 4.69) is 6.92 Å². The Morgan fingerprint density at radius 2 is 1.27 bits per heavy atom. The first-order valence-electron chi connectivity index (χ1n) is 9.11. The van der Waals surface area contributed by atoms with Crippen molar-refractivity contribution in [3.05, 3.63) is 0 Å². The van der Waals surface area contributed by atoms with Crippen LogP contribution in [0.25, 0.3) is 0 Å². The first kappa shape index (κ1) is 22.2. The lowest BCUT2D eigenvalue weighted by molar-refractivity contribution is -0.137. The van der Waals surface area contributed by atoms with Crippen molar-refractivity contribution in [2.45, 2.75) is 109 Å². The molecule has 2 unspecified atom stereocenters. The zero-order chi connectivity index (χ0) is 15.3. The van der Waals surface area contributed by atoms with Gasteiger partial charge in [0.1, 0.15) is 0 Å². The van der Waals surface area contributed by atoms with E-state index < -0.39 is 5.97 Å². The van der Waals surface area contributed by atoms with Gasteiger partial charge in [0.25, 0.3) is 0 Å². The highest BCUT2D eigenvalue weighted by Gasteiger charge is 2.36. The number of carboxylic acids is 1. The molecule has 1 aliphatic rings. The van der Waals surface area contributed by atoms with E-state index in [1.54, 1.807) is 0 Å². The van der Waals surface area contributed by atoms with Gasteiger partial charge in [-0.2, -0.15) is 0 Å². The first-order chi connectivity index (χ1) is 10.2. The third-order valence-corrected chi connectivity index (χ3v) is 4.41. The molecule has 2 atom stereocenters. The van der Waals surface area contributed by atoms with Gasteiger partial charge in [-0.1, -0.05) is 71.1 Å². The SMILES string of the molecule is CCCCCCCCC1OC1CCCCCCCC(=O)O.[Mg]. The van der Waals surface area contributed by atoms with Crippen molar-refractivity contribution in [1.29, 1.82) is 0 Å². The standard InChI is InChI=1S/C18H34O3.Mg/c1-2-3-4-5-7-10-13-16-17(21-16)14-11-8-6-9-12-15-18(19)20;/h16-17H,2-15H2,1H3,(H,19,20);. The number of hydrogen-bond acceptors (Lipinski definition) is 2. The van der Waals surface area contributed by atoms with E-state index in [0.717, 1.165) is 12.8 Å². The molecule has 1 N–H and O–H groups in total. The van der Waals surface area contributed by atoms with Gasteiger partial charge >= 0.3 is 5.97 Å². The highest BCUT2D eigenvalue weighted by Crippen LogP contribution is 2.31. The molecular formula is C18H34MgO3. The van der Waals surface area contributed by atoms with E-state index in [4.69, 9.17) is 9.84 Å². The Hall–Kier alpha value is 0.196. The van der Waals surface area contributed by atoms with Gasteiger partial charge in [0.2, 0.25) is 0 Å². The number of unbranched alkanes of at least 4 members (excludes halogenated alkanes) is 9. The number of aliphatic carboxylic acids is 1. The molecule has 1 rings (SSSR count). The molecule has 0 aromatic heterocycles. The third kappa shape index (κ3) is 12.7. The average molecular weight is 323 g/mol. The van der Waals surface area contributed by atoms with Crippen molar-refractivity contribution >= 4 is 29.0 Å². The molecule has 0 bridgehead atoms. The van der Waals surface area contributed by atoms with Gasteiger partial charge in [-0.15, -0.1) is 0 Å². The summed E-state index contributed by atoms with van der Waals surface area (Å²) in [5.74, 6) is -0.668. The van der Waals surface area contributed by atoms with E-state index >= 15 is 0 Å². The van der Waals surface area contributed by atoms with Crippen LogP contribution in [0.15, 0.2) is 0 Å². The summed E-state index contributed by atoms with van der Waals surface area (Å²) >= 11 is 0. The summed E-state index contributed by atoms with van der Waals surface area (Å²) in [6.07, 6.45) is 17.6. The number of hydrogen-bond donors (Lipinski definition) is 1. The Morgan fingerprint density at radius 3 is 1.77 bits per heavy atom. The summed E-state index contributed by atoms with van der Waals surface area (Å²) in [6, 6.07) is 0. The minimum Gasteiger partial charge on any atom is -0.481 e. The Morgan fingerprint density at radius 1 is 0.818 bits per heavy atom. The van der Waals surface area contributed by atoms with Crippen LogP contribution in [0.5, 0.6) is 0 Å². The van der Waals surface area contributed by atoms with E-state index in [1.165, 1.54) is 70.6 Å². The summed E-state index contributed by atoms with van der Waals surface area (Å²) in [4.78, 5) is 10.4. The summed E-state index contributed by atoms with van der Waals surface area (Å²) < 4.78 is 5.73. The third-order valence-electron chi connectivity index (χ3n) is 4.41. The van der Waals surface area contributed by atoms with Crippen LogP contribution < -0.4 is 0 Å². The second kappa shape index (κ2) is 14.8. The molecule has 3 nitrogen and oxygen atoms in total. The quantitative estimate of drug-likeness (QED) is 0.264. The van der Waals surface area contributed by atoms with Crippen LogP contribution in [0, 0.1) is 0 Å². The lowest BCUT2D eigenvalue weighted by Crippen LogP contribution is -1.95. The summed E-state index contributed by atoms with van der Waals surface area (Å²) in [5, 5.41) is 8.54. The maximum absolute atomic E-state index is 10.4. The first-order valence-corrected chi connectivity index (χ1v) is 9.11. The number of epoxide rings is 1. The molecule has 0 saturated carbocycles. The Bertz CT molecular complexity index is 271. The topological polar surface area (TPSA) is 49.8 Å². The van der Waals surface area contributed by atoms with Crippen LogP contribution in [0.4, 0.5) is 0 Å². The van der Waals surface area contributed by atoms with Crippen molar-refractivity contribution in [2.75, 3.05) is 0 Å². The smallest absolute Gasteiger partial charge is 0.303 e. The fraction of sp³-hybridized carbons (Fsp3) is 0.944. The Kier molecular flexibility index (Phi) is 14.9. The van der Waals surface area contributed by atoms with Gasteiger partial charge in [-0.3, -0.25) is 4.79 Å². The van der Waals surface area contributed by atoms with Gasteiger partial charge < -0.3 is 9.84 Å².